The molecular weight excluding hydrogens is 492 g/mol. The van der Waals surface area contributed by atoms with Gasteiger partial charge in [-0.25, -0.2) is 9.59 Å². The molecule has 3 aromatic rings. The Labute approximate surface area is 188 Å². The Morgan fingerprint density at radius 3 is 2.39 bits per heavy atom. The van der Waals surface area contributed by atoms with Crippen molar-refractivity contribution < 1.29 is 28.8 Å². The summed E-state index contributed by atoms with van der Waals surface area (Å²) in [6.07, 6.45) is 0. The van der Waals surface area contributed by atoms with E-state index in [0.29, 0.717) is 14.6 Å². The molecule has 1 heterocycles. The van der Waals surface area contributed by atoms with Gasteiger partial charge in [-0.2, -0.15) is 0 Å². The van der Waals surface area contributed by atoms with Crippen LogP contribution in [0.4, 0.5) is 10.7 Å². The zero-order chi connectivity index (χ0) is 22.7. The molecule has 31 heavy (non-hydrogen) atoms. The second-order valence-electron chi connectivity index (χ2n) is 6.15. The van der Waals surface area contributed by atoms with Crippen molar-refractivity contribution in [2.75, 3.05) is 11.9 Å². The molecule has 0 radical (unpaired) electrons. The highest BCUT2D eigenvalue weighted by molar-refractivity contribution is 9.10. The maximum Gasteiger partial charge on any atom is 0.343 e. The van der Waals surface area contributed by atoms with Gasteiger partial charge in [0.2, 0.25) is 5.91 Å². The maximum atomic E-state index is 12.6. The highest BCUT2D eigenvalue weighted by Crippen LogP contribution is 2.44. The van der Waals surface area contributed by atoms with Crippen molar-refractivity contribution in [2.24, 2.45) is 0 Å². The lowest BCUT2D eigenvalue weighted by molar-refractivity contribution is -0.384. The first kappa shape index (κ1) is 22.4. The Bertz CT molecular complexity index is 1200. The van der Waals surface area contributed by atoms with Gasteiger partial charge in [0.15, 0.2) is 5.75 Å². The zero-order valence-electron chi connectivity index (χ0n) is 16.3. The summed E-state index contributed by atoms with van der Waals surface area (Å²) in [7, 11) is 0. The van der Waals surface area contributed by atoms with E-state index in [1.807, 2.05) is 0 Å². The molecule has 3 rings (SSSR count). The predicted molar refractivity (Wildman–Crippen MR) is 118 cm³/mol. The second-order valence-corrected chi connectivity index (χ2v) is 8.03. The van der Waals surface area contributed by atoms with Crippen LogP contribution in [0.1, 0.15) is 34.6 Å². The van der Waals surface area contributed by atoms with Crippen LogP contribution < -0.4 is 10.1 Å². The highest BCUT2D eigenvalue weighted by atomic mass is 79.9. The average molecular weight is 507 g/mol. The normalized spacial score (nSPS) is 10.5. The number of amides is 1. The SMILES string of the molecule is CCOC(=O)c1c(NC(C)=O)sc2c(OC(=O)c3ccc([N+](=O)[O-])cc3)c(Br)ccc12. The summed E-state index contributed by atoms with van der Waals surface area (Å²) in [4.78, 5) is 47.0. The summed E-state index contributed by atoms with van der Waals surface area (Å²) in [5.41, 5.74) is 0.119. The van der Waals surface area contributed by atoms with Gasteiger partial charge in [0.25, 0.3) is 5.69 Å². The molecule has 0 aliphatic rings. The van der Waals surface area contributed by atoms with Gasteiger partial charge in [-0.15, -0.1) is 11.3 Å². The summed E-state index contributed by atoms with van der Waals surface area (Å²) >= 11 is 4.40. The summed E-state index contributed by atoms with van der Waals surface area (Å²) < 4.78 is 11.5. The molecule has 9 nitrogen and oxygen atoms in total. The monoisotopic (exact) mass is 506 g/mol. The molecule has 0 bridgehead atoms. The molecule has 11 heteroatoms. The third kappa shape index (κ3) is 4.72. The predicted octanol–water partition coefficient (Wildman–Crippen LogP) is 4.93. The van der Waals surface area contributed by atoms with E-state index in [9.17, 15) is 24.5 Å². The highest BCUT2D eigenvalue weighted by Gasteiger charge is 2.25. The van der Waals surface area contributed by atoms with Gasteiger partial charge in [0, 0.05) is 24.4 Å². The number of hydrogen-bond acceptors (Lipinski definition) is 8. The average Bonchev–Trinajstić information content (AvgIpc) is 3.07. The van der Waals surface area contributed by atoms with Crippen LogP contribution in [0.3, 0.4) is 0 Å². The van der Waals surface area contributed by atoms with Crippen molar-refractivity contribution in [1.29, 1.82) is 0 Å². The van der Waals surface area contributed by atoms with E-state index in [0.717, 1.165) is 11.3 Å². The van der Waals surface area contributed by atoms with Gasteiger partial charge in [-0.05, 0) is 41.1 Å². The third-order valence-corrected chi connectivity index (χ3v) is 5.79. The van der Waals surface area contributed by atoms with Crippen LogP contribution in [0.2, 0.25) is 0 Å². The fraction of sp³-hybridized carbons (Fsp3) is 0.150. The Morgan fingerprint density at radius 1 is 1.13 bits per heavy atom. The first-order valence-corrected chi connectivity index (χ1v) is 10.5. The van der Waals surface area contributed by atoms with Crippen molar-refractivity contribution in [2.45, 2.75) is 13.8 Å². The number of ether oxygens (including phenoxy) is 2. The smallest absolute Gasteiger partial charge is 0.343 e. The van der Waals surface area contributed by atoms with Crippen molar-refractivity contribution in [1.82, 2.24) is 0 Å². The minimum Gasteiger partial charge on any atom is -0.462 e. The van der Waals surface area contributed by atoms with E-state index in [1.54, 1.807) is 19.1 Å². The summed E-state index contributed by atoms with van der Waals surface area (Å²) in [5, 5.41) is 14.1. The molecule has 0 aliphatic carbocycles. The number of nitrogens with one attached hydrogen (secondary N) is 1. The van der Waals surface area contributed by atoms with Crippen LogP contribution >= 0.6 is 27.3 Å². The van der Waals surface area contributed by atoms with Crippen LogP contribution in [0.15, 0.2) is 40.9 Å². The molecule has 2 aromatic carbocycles. The Kier molecular flexibility index (Phi) is 6.66. The number of non-ortho nitro benzene ring substituents is 1. The molecule has 1 N–H and O–H groups in total. The lowest BCUT2D eigenvalue weighted by Crippen LogP contribution is -2.11. The first-order chi connectivity index (χ1) is 14.7. The lowest BCUT2D eigenvalue weighted by atomic mass is 10.1. The van der Waals surface area contributed by atoms with Gasteiger partial charge in [0.05, 0.1) is 26.3 Å². The molecule has 0 aliphatic heterocycles. The number of thiophene rings is 1. The molecule has 0 fully saturated rings. The van der Waals surface area contributed by atoms with Crippen molar-refractivity contribution in [3.05, 3.63) is 62.1 Å². The van der Waals surface area contributed by atoms with Crippen LogP contribution in [0.25, 0.3) is 10.1 Å². The van der Waals surface area contributed by atoms with E-state index in [2.05, 4.69) is 21.2 Å². The maximum absolute atomic E-state index is 12.6. The van der Waals surface area contributed by atoms with Crippen LogP contribution in [-0.4, -0.2) is 29.4 Å². The van der Waals surface area contributed by atoms with Crippen LogP contribution in [-0.2, 0) is 9.53 Å². The number of nitrogens with zero attached hydrogens (tertiary/aromatic N) is 1. The van der Waals surface area contributed by atoms with Crippen molar-refractivity contribution in [3.63, 3.8) is 0 Å². The summed E-state index contributed by atoms with van der Waals surface area (Å²) in [5.74, 6) is -1.59. The van der Waals surface area contributed by atoms with E-state index in [1.165, 1.54) is 31.2 Å². The van der Waals surface area contributed by atoms with Crippen molar-refractivity contribution in [3.8, 4) is 5.75 Å². The molecule has 0 spiro atoms. The molecular formula is C20H15BrN2O7S. The van der Waals surface area contributed by atoms with E-state index in [4.69, 9.17) is 9.47 Å². The number of carbonyl (C=O) groups excluding carboxylic acids is 3. The topological polar surface area (TPSA) is 125 Å². The first-order valence-electron chi connectivity index (χ1n) is 8.89. The Balaban J connectivity index is 2.06. The van der Waals surface area contributed by atoms with E-state index >= 15 is 0 Å². The van der Waals surface area contributed by atoms with Gasteiger partial charge in [0.1, 0.15) is 10.6 Å². The van der Waals surface area contributed by atoms with Gasteiger partial charge < -0.3 is 14.8 Å². The molecule has 1 amide bonds. The molecule has 0 atom stereocenters. The molecule has 0 saturated heterocycles. The summed E-state index contributed by atoms with van der Waals surface area (Å²) in [6, 6.07) is 8.23. The largest absolute Gasteiger partial charge is 0.462 e. The zero-order valence-corrected chi connectivity index (χ0v) is 18.7. The van der Waals surface area contributed by atoms with E-state index in [-0.39, 0.29) is 40.1 Å². The van der Waals surface area contributed by atoms with Gasteiger partial charge >= 0.3 is 11.9 Å². The Morgan fingerprint density at radius 2 is 1.81 bits per heavy atom. The number of fused-ring (bicyclic) bond motifs is 1. The number of hydrogen-bond donors (Lipinski definition) is 1. The minimum atomic E-state index is -0.741. The standard InChI is InChI=1S/C20H15BrN2O7S/c1-3-29-20(26)15-13-8-9-14(21)16(17(13)31-18(15)22-10(2)24)30-19(25)11-4-6-12(7-5-11)23(27)28/h4-9H,3H2,1-2H3,(H,22,24). The quantitative estimate of drug-likeness (QED) is 0.217. The number of esters is 2. The number of nitro groups is 1. The fourth-order valence-corrected chi connectivity index (χ4v) is 4.49. The number of benzene rings is 2. The van der Waals surface area contributed by atoms with Gasteiger partial charge in [-0.1, -0.05) is 6.07 Å². The molecule has 0 saturated carbocycles. The molecule has 0 unspecified atom stereocenters. The number of rotatable bonds is 6. The van der Waals surface area contributed by atoms with Crippen LogP contribution in [0, 0.1) is 10.1 Å². The fourth-order valence-electron chi connectivity index (χ4n) is 2.73. The van der Waals surface area contributed by atoms with Gasteiger partial charge in [-0.3, -0.25) is 14.9 Å². The van der Waals surface area contributed by atoms with Crippen molar-refractivity contribution >= 4 is 65.9 Å². The number of anilines is 1. The summed E-state index contributed by atoms with van der Waals surface area (Å²) in [6.45, 7) is 3.12. The number of carbonyl (C=O) groups is 3. The number of halogens is 1. The third-order valence-electron chi connectivity index (χ3n) is 4.04. The van der Waals surface area contributed by atoms with Crippen LogP contribution in [0.5, 0.6) is 5.75 Å². The number of nitro benzene ring substituents is 1. The Hall–Kier alpha value is -3.31. The molecule has 160 valence electrons. The molecule has 1 aromatic heterocycles. The minimum absolute atomic E-state index is 0.110. The van der Waals surface area contributed by atoms with E-state index < -0.39 is 16.9 Å². The lowest BCUT2D eigenvalue weighted by Gasteiger charge is -2.08. The second kappa shape index (κ2) is 9.23.